The molecule has 1 amide bonds. The molecule has 4 aromatic carbocycles. The van der Waals surface area contributed by atoms with Gasteiger partial charge in [-0.25, -0.2) is 0 Å². The third-order valence-electron chi connectivity index (χ3n) is 6.30. The fraction of sp³-hybridized carbons (Fsp3) is 0.129. The van der Waals surface area contributed by atoms with Crippen LogP contribution in [0, 0.1) is 0 Å². The Hall–Kier alpha value is -4.31. The molecule has 4 heteroatoms. The van der Waals surface area contributed by atoms with Gasteiger partial charge in [-0.1, -0.05) is 91.0 Å². The number of benzene rings is 4. The van der Waals surface area contributed by atoms with E-state index in [0.29, 0.717) is 6.61 Å². The van der Waals surface area contributed by atoms with Crippen LogP contribution in [-0.4, -0.2) is 10.5 Å². The Morgan fingerprint density at radius 2 is 1.49 bits per heavy atom. The third kappa shape index (κ3) is 5.28. The molecule has 0 aliphatic rings. The van der Waals surface area contributed by atoms with Crippen molar-refractivity contribution in [1.29, 1.82) is 0 Å². The largest absolute Gasteiger partial charge is 0.489 e. The predicted molar refractivity (Wildman–Crippen MR) is 140 cm³/mol. The Balaban J connectivity index is 1.50. The summed E-state index contributed by atoms with van der Waals surface area (Å²) in [5.41, 5.74) is 11.3. The van der Waals surface area contributed by atoms with Gasteiger partial charge in [-0.15, -0.1) is 0 Å². The first-order chi connectivity index (χ1) is 17.2. The van der Waals surface area contributed by atoms with E-state index in [-0.39, 0.29) is 18.2 Å². The monoisotopic (exact) mass is 460 g/mol. The summed E-state index contributed by atoms with van der Waals surface area (Å²) in [6.07, 6.45) is 2.39. The fourth-order valence-corrected chi connectivity index (χ4v) is 4.63. The van der Waals surface area contributed by atoms with Crippen LogP contribution in [0.5, 0.6) is 5.75 Å². The lowest BCUT2D eigenvalue weighted by Gasteiger charge is -2.17. The maximum atomic E-state index is 12.2. The van der Waals surface area contributed by atoms with Gasteiger partial charge in [0.1, 0.15) is 12.4 Å². The van der Waals surface area contributed by atoms with Crippen LogP contribution in [0.1, 0.15) is 34.6 Å². The molecule has 5 rings (SSSR count). The van der Waals surface area contributed by atoms with Crippen molar-refractivity contribution in [3.63, 3.8) is 0 Å². The van der Waals surface area contributed by atoms with Gasteiger partial charge in [0.15, 0.2) is 0 Å². The van der Waals surface area contributed by atoms with Crippen LogP contribution < -0.4 is 10.5 Å². The van der Waals surface area contributed by atoms with Crippen molar-refractivity contribution in [2.24, 2.45) is 5.73 Å². The minimum absolute atomic E-state index is 0.172. The van der Waals surface area contributed by atoms with Gasteiger partial charge in [0.2, 0.25) is 5.91 Å². The van der Waals surface area contributed by atoms with Crippen molar-refractivity contribution < 1.29 is 9.53 Å². The SMILES string of the molecule is NC(=O)C[C@@H](c1cccc(OCc2ccccc2)c1)c1cn(Cc2ccccc2)c2ccccc12. The number of hydrogen-bond acceptors (Lipinski definition) is 2. The second-order valence-corrected chi connectivity index (χ2v) is 8.78. The quantitative estimate of drug-likeness (QED) is 0.282. The minimum atomic E-state index is -0.328. The highest BCUT2D eigenvalue weighted by Crippen LogP contribution is 2.36. The number of primary amides is 1. The first-order valence-corrected chi connectivity index (χ1v) is 11.8. The second-order valence-electron chi connectivity index (χ2n) is 8.78. The Labute approximate surface area is 205 Å². The van der Waals surface area contributed by atoms with Crippen LogP contribution in [-0.2, 0) is 17.9 Å². The van der Waals surface area contributed by atoms with Crippen LogP contribution >= 0.6 is 0 Å². The molecule has 2 N–H and O–H groups in total. The molecule has 4 nitrogen and oxygen atoms in total. The minimum Gasteiger partial charge on any atom is -0.489 e. The zero-order chi connectivity index (χ0) is 24.0. The van der Waals surface area contributed by atoms with Crippen molar-refractivity contribution in [1.82, 2.24) is 4.57 Å². The topological polar surface area (TPSA) is 57.3 Å². The number of rotatable bonds is 9. The smallest absolute Gasteiger partial charge is 0.218 e. The fourth-order valence-electron chi connectivity index (χ4n) is 4.63. The van der Waals surface area contributed by atoms with Gasteiger partial charge in [0.25, 0.3) is 0 Å². The zero-order valence-electron chi connectivity index (χ0n) is 19.5. The summed E-state index contributed by atoms with van der Waals surface area (Å²) in [7, 11) is 0. The van der Waals surface area contributed by atoms with E-state index >= 15 is 0 Å². The van der Waals surface area contributed by atoms with E-state index in [9.17, 15) is 4.79 Å². The summed E-state index contributed by atoms with van der Waals surface area (Å²) in [6, 6.07) is 36.8. The van der Waals surface area contributed by atoms with Crippen molar-refractivity contribution in [3.8, 4) is 5.75 Å². The molecule has 0 spiro atoms. The van der Waals surface area contributed by atoms with Crippen LogP contribution in [0.2, 0.25) is 0 Å². The van der Waals surface area contributed by atoms with Gasteiger partial charge in [-0.2, -0.15) is 0 Å². The number of hydrogen-bond donors (Lipinski definition) is 1. The molecular formula is C31H28N2O2. The molecule has 0 saturated carbocycles. The standard InChI is InChI=1S/C31H28N2O2/c32-31(34)19-28(25-14-9-15-26(18-25)35-22-24-12-5-2-6-13-24)29-21-33(20-23-10-3-1-4-11-23)30-17-8-7-16-27(29)30/h1-18,21,28H,19-20,22H2,(H2,32,34)/t28-/m0/s1. The maximum absolute atomic E-state index is 12.2. The van der Waals surface area contributed by atoms with Crippen LogP contribution in [0.25, 0.3) is 10.9 Å². The van der Waals surface area contributed by atoms with Crippen molar-refractivity contribution in [2.45, 2.75) is 25.5 Å². The molecule has 0 saturated heterocycles. The van der Waals surface area contributed by atoms with Crippen LogP contribution in [0.3, 0.4) is 0 Å². The predicted octanol–water partition coefficient (Wildman–Crippen LogP) is 6.28. The van der Waals surface area contributed by atoms with Gasteiger partial charge in [0.05, 0.1) is 0 Å². The number of nitrogens with two attached hydrogens (primary N) is 1. The summed E-state index contributed by atoms with van der Waals surface area (Å²) in [5, 5.41) is 1.13. The third-order valence-corrected chi connectivity index (χ3v) is 6.30. The molecule has 35 heavy (non-hydrogen) atoms. The molecule has 0 aliphatic heterocycles. The first-order valence-electron chi connectivity index (χ1n) is 11.8. The Bertz CT molecular complexity index is 1420. The lowest BCUT2D eigenvalue weighted by atomic mass is 9.88. The number of carbonyl (C=O) groups excluding carboxylic acids is 1. The number of para-hydroxylation sites is 1. The molecule has 1 atom stereocenters. The van der Waals surface area contributed by atoms with E-state index < -0.39 is 0 Å². The normalized spacial score (nSPS) is 11.9. The average Bonchev–Trinajstić information content (AvgIpc) is 3.25. The highest BCUT2D eigenvalue weighted by atomic mass is 16.5. The summed E-state index contributed by atoms with van der Waals surface area (Å²) >= 11 is 0. The highest BCUT2D eigenvalue weighted by molar-refractivity contribution is 5.86. The van der Waals surface area contributed by atoms with E-state index in [2.05, 4.69) is 53.2 Å². The molecular weight excluding hydrogens is 432 g/mol. The highest BCUT2D eigenvalue weighted by Gasteiger charge is 2.22. The Morgan fingerprint density at radius 1 is 0.800 bits per heavy atom. The van der Waals surface area contributed by atoms with Crippen LogP contribution in [0.15, 0.2) is 115 Å². The van der Waals surface area contributed by atoms with E-state index in [4.69, 9.17) is 10.5 Å². The van der Waals surface area contributed by atoms with Crippen LogP contribution in [0.4, 0.5) is 0 Å². The maximum Gasteiger partial charge on any atom is 0.218 e. The molecule has 0 aliphatic carbocycles. The summed E-state index contributed by atoms with van der Waals surface area (Å²) in [4.78, 5) is 12.2. The molecule has 0 bridgehead atoms. The van der Waals surface area contributed by atoms with Gasteiger partial charge in [-0.3, -0.25) is 4.79 Å². The molecule has 5 aromatic rings. The van der Waals surface area contributed by atoms with Gasteiger partial charge >= 0.3 is 0 Å². The average molecular weight is 461 g/mol. The molecule has 0 radical (unpaired) electrons. The van der Waals surface area contributed by atoms with Gasteiger partial charge < -0.3 is 15.0 Å². The number of amides is 1. The summed E-state index contributed by atoms with van der Waals surface area (Å²) in [6.45, 7) is 1.24. The van der Waals surface area contributed by atoms with Gasteiger partial charge in [0, 0.05) is 36.0 Å². The van der Waals surface area contributed by atoms with E-state index in [1.165, 1.54) is 5.56 Å². The Morgan fingerprint density at radius 3 is 2.23 bits per heavy atom. The molecule has 174 valence electrons. The van der Waals surface area contributed by atoms with Crippen molar-refractivity contribution in [3.05, 3.63) is 138 Å². The summed E-state index contributed by atoms with van der Waals surface area (Å²) in [5.74, 6) is 0.272. The first kappa shape index (κ1) is 22.5. The van der Waals surface area contributed by atoms with E-state index in [0.717, 1.165) is 39.9 Å². The lowest BCUT2D eigenvalue weighted by Crippen LogP contribution is -2.16. The van der Waals surface area contributed by atoms with Crippen molar-refractivity contribution >= 4 is 16.8 Å². The molecule has 1 heterocycles. The van der Waals surface area contributed by atoms with Gasteiger partial charge in [-0.05, 0) is 40.5 Å². The van der Waals surface area contributed by atoms with Crippen molar-refractivity contribution in [2.75, 3.05) is 0 Å². The lowest BCUT2D eigenvalue weighted by molar-refractivity contribution is -0.118. The zero-order valence-corrected chi connectivity index (χ0v) is 19.5. The summed E-state index contributed by atoms with van der Waals surface area (Å²) < 4.78 is 8.33. The van der Waals surface area contributed by atoms with E-state index in [1.54, 1.807) is 0 Å². The number of carbonyl (C=O) groups is 1. The number of ether oxygens (including phenoxy) is 1. The number of aromatic nitrogens is 1. The Kier molecular flexibility index (Phi) is 6.62. The van der Waals surface area contributed by atoms with E-state index in [1.807, 2.05) is 66.7 Å². The molecule has 1 aromatic heterocycles. The number of fused-ring (bicyclic) bond motifs is 1. The molecule has 0 unspecified atom stereocenters. The molecule has 0 fully saturated rings. The number of nitrogens with zero attached hydrogens (tertiary/aromatic N) is 1. The second kappa shape index (κ2) is 10.3.